The normalized spacial score (nSPS) is 31.2. The highest BCUT2D eigenvalue weighted by Gasteiger charge is 2.39. The maximum Gasteiger partial charge on any atom is 0.226 e. The molecule has 0 aromatic heterocycles. The van der Waals surface area contributed by atoms with Gasteiger partial charge in [0.25, 0.3) is 0 Å². The number of rotatable bonds is 4. The zero-order chi connectivity index (χ0) is 18.7. The molecule has 2 aliphatic heterocycles. The number of carbonyl (C=O) groups excluding carboxylic acids is 1. The Morgan fingerprint density at radius 3 is 2.38 bits per heavy atom. The third-order valence-electron chi connectivity index (χ3n) is 5.89. The summed E-state index contributed by atoms with van der Waals surface area (Å²) in [6.07, 6.45) is -0.596. The van der Waals surface area contributed by atoms with Crippen LogP contribution in [0.1, 0.15) is 25.3 Å². The van der Waals surface area contributed by atoms with Crippen molar-refractivity contribution in [2.45, 2.75) is 50.5 Å². The molecule has 6 nitrogen and oxygen atoms in total. The summed E-state index contributed by atoms with van der Waals surface area (Å²) >= 11 is 0. The first-order valence-corrected chi connectivity index (χ1v) is 9.55. The van der Waals surface area contributed by atoms with Gasteiger partial charge in [0.15, 0.2) is 0 Å². The number of β-amino-alcohol motifs (C(OH)–C–C–N with tert-alkyl or cyclic N) is 1. The Morgan fingerprint density at radius 2 is 1.73 bits per heavy atom. The average molecular weight is 362 g/mol. The van der Waals surface area contributed by atoms with E-state index in [-0.39, 0.29) is 11.9 Å². The molecule has 0 unspecified atom stereocenters. The molecule has 0 radical (unpaired) electrons. The first kappa shape index (κ1) is 19.3. The number of hydrogen-bond donors (Lipinski definition) is 3. The van der Waals surface area contributed by atoms with Crippen molar-refractivity contribution in [3.63, 3.8) is 0 Å². The summed E-state index contributed by atoms with van der Waals surface area (Å²) in [4.78, 5) is 16.5. The molecule has 1 amide bonds. The lowest BCUT2D eigenvalue weighted by atomic mass is 9.90. The highest BCUT2D eigenvalue weighted by molar-refractivity contribution is 5.78. The van der Waals surface area contributed by atoms with Gasteiger partial charge in [0.1, 0.15) is 6.10 Å². The molecule has 4 atom stereocenters. The first-order chi connectivity index (χ1) is 12.5. The number of piperidine rings is 2. The largest absolute Gasteiger partial charge is 0.389 e. The molecule has 0 saturated carbocycles. The van der Waals surface area contributed by atoms with Crippen LogP contribution in [-0.4, -0.2) is 81.6 Å². The second kappa shape index (κ2) is 8.48. The van der Waals surface area contributed by atoms with Gasteiger partial charge in [-0.25, -0.2) is 0 Å². The van der Waals surface area contributed by atoms with Gasteiger partial charge < -0.3 is 20.2 Å². The number of benzene rings is 1. The highest BCUT2D eigenvalue weighted by Crippen LogP contribution is 2.24. The smallest absolute Gasteiger partial charge is 0.226 e. The van der Waals surface area contributed by atoms with Crippen molar-refractivity contribution < 1.29 is 20.1 Å². The van der Waals surface area contributed by atoms with E-state index in [9.17, 15) is 20.1 Å². The van der Waals surface area contributed by atoms with Gasteiger partial charge in [-0.3, -0.25) is 9.69 Å². The van der Waals surface area contributed by atoms with E-state index in [1.165, 1.54) is 0 Å². The summed E-state index contributed by atoms with van der Waals surface area (Å²) in [6.45, 7) is 4.56. The molecule has 0 spiro atoms. The van der Waals surface area contributed by atoms with E-state index in [2.05, 4.69) is 4.90 Å². The van der Waals surface area contributed by atoms with Crippen molar-refractivity contribution in [2.24, 2.45) is 5.92 Å². The summed E-state index contributed by atoms with van der Waals surface area (Å²) in [5, 5.41) is 29.8. The van der Waals surface area contributed by atoms with E-state index in [1.54, 1.807) is 0 Å². The van der Waals surface area contributed by atoms with Crippen LogP contribution < -0.4 is 0 Å². The molecule has 3 rings (SSSR count). The zero-order valence-electron chi connectivity index (χ0n) is 15.4. The molecule has 1 aromatic rings. The van der Waals surface area contributed by atoms with Crippen LogP contribution in [0.5, 0.6) is 0 Å². The van der Waals surface area contributed by atoms with Gasteiger partial charge in [0.2, 0.25) is 5.91 Å². The van der Waals surface area contributed by atoms with Crippen LogP contribution in [0, 0.1) is 5.92 Å². The van der Waals surface area contributed by atoms with Crippen LogP contribution in [0.4, 0.5) is 0 Å². The van der Waals surface area contributed by atoms with E-state index in [1.807, 2.05) is 42.2 Å². The Bertz CT molecular complexity index is 589. The molecule has 2 fully saturated rings. The molecule has 1 aromatic carbocycles. The fourth-order valence-corrected chi connectivity index (χ4v) is 4.06. The lowest BCUT2D eigenvalue weighted by molar-refractivity contribution is -0.138. The SMILES string of the molecule is C[C@@H]1[C@@H](O)[C@H](O)[C@@H](O)CN1CC1CCN(C(=O)Cc2ccccc2)CC1. The number of carbonyl (C=O) groups is 1. The van der Waals surface area contributed by atoms with Gasteiger partial charge in [-0.05, 0) is 31.2 Å². The monoisotopic (exact) mass is 362 g/mol. The Kier molecular flexibility index (Phi) is 6.29. The van der Waals surface area contributed by atoms with Gasteiger partial charge in [0, 0.05) is 32.2 Å². The van der Waals surface area contributed by atoms with E-state index in [0.29, 0.717) is 18.9 Å². The van der Waals surface area contributed by atoms with E-state index < -0.39 is 18.3 Å². The molecule has 3 N–H and O–H groups in total. The summed E-state index contributed by atoms with van der Waals surface area (Å²) in [6, 6.07) is 9.64. The van der Waals surface area contributed by atoms with Crippen LogP contribution in [0.25, 0.3) is 0 Å². The number of aliphatic hydroxyl groups is 3. The number of hydrogen-bond acceptors (Lipinski definition) is 5. The first-order valence-electron chi connectivity index (χ1n) is 9.55. The van der Waals surface area contributed by atoms with Gasteiger partial charge in [-0.15, -0.1) is 0 Å². The topological polar surface area (TPSA) is 84.2 Å². The third-order valence-corrected chi connectivity index (χ3v) is 5.89. The zero-order valence-corrected chi connectivity index (χ0v) is 15.4. The van der Waals surface area contributed by atoms with Crippen molar-refractivity contribution in [3.05, 3.63) is 35.9 Å². The summed E-state index contributed by atoms with van der Waals surface area (Å²) in [5.41, 5.74) is 1.04. The van der Waals surface area contributed by atoms with Crippen molar-refractivity contribution in [3.8, 4) is 0 Å². The predicted molar refractivity (Wildman–Crippen MR) is 98.5 cm³/mol. The van der Waals surface area contributed by atoms with Crippen LogP contribution in [-0.2, 0) is 11.2 Å². The molecule has 2 heterocycles. The Labute approximate surface area is 155 Å². The summed E-state index contributed by atoms with van der Waals surface area (Å²) in [5.74, 6) is 0.614. The maximum atomic E-state index is 12.5. The quantitative estimate of drug-likeness (QED) is 0.715. The number of aliphatic hydroxyl groups excluding tert-OH is 3. The molecule has 26 heavy (non-hydrogen) atoms. The standard InChI is InChI=1S/C20H30N2O4/c1-14-19(25)20(26)17(23)13-22(14)12-16-7-9-21(10-8-16)18(24)11-15-5-3-2-4-6-15/h2-6,14,16-17,19-20,23,25-26H,7-13H2,1H3/t14-,17+,19-,20-/m1/s1. The summed E-state index contributed by atoms with van der Waals surface area (Å²) < 4.78 is 0. The number of amides is 1. The van der Waals surface area contributed by atoms with Crippen molar-refractivity contribution in [1.29, 1.82) is 0 Å². The van der Waals surface area contributed by atoms with Gasteiger partial charge in [0.05, 0.1) is 18.6 Å². The van der Waals surface area contributed by atoms with Crippen LogP contribution >= 0.6 is 0 Å². The van der Waals surface area contributed by atoms with Crippen LogP contribution in [0.2, 0.25) is 0 Å². The van der Waals surface area contributed by atoms with Gasteiger partial charge in [-0.1, -0.05) is 30.3 Å². The highest BCUT2D eigenvalue weighted by atomic mass is 16.4. The molecule has 0 aliphatic carbocycles. The Hall–Kier alpha value is -1.47. The minimum atomic E-state index is -1.07. The third kappa shape index (κ3) is 4.43. The van der Waals surface area contributed by atoms with E-state index in [0.717, 1.165) is 38.0 Å². The van der Waals surface area contributed by atoms with Crippen LogP contribution in [0.15, 0.2) is 30.3 Å². The minimum absolute atomic E-state index is 0.175. The fourth-order valence-electron chi connectivity index (χ4n) is 4.06. The molecular weight excluding hydrogens is 332 g/mol. The lowest BCUT2D eigenvalue weighted by Crippen LogP contribution is -2.61. The van der Waals surface area contributed by atoms with Crippen molar-refractivity contribution in [1.82, 2.24) is 9.80 Å². The summed E-state index contributed by atoms with van der Waals surface area (Å²) in [7, 11) is 0. The Morgan fingerprint density at radius 1 is 1.08 bits per heavy atom. The molecule has 0 bridgehead atoms. The number of nitrogens with zero attached hydrogens (tertiary/aromatic N) is 2. The minimum Gasteiger partial charge on any atom is -0.389 e. The van der Waals surface area contributed by atoms with E-state index >= 15 is 0 Å². The van der Waals surface area contributed by atoms with Gasteiger partial charge >= 0.3 is 0 Å². The molecule has 6 heteroatoms. The van der Waals surface area contributed by atoms with Crippen molar-refractivity contribution in [2.75, 3.05) is 26.2 Å². The molecular formula is C20H30N2O4. The predicted octanol–water partition coefficient (Wildman–Crippen LogP) is 0.255. The number of likely N-dealkylation sites (tertiary alicyclic amines) is 2. The average Bonchev–Trinajstić information content (AvgIpc) is 2.65. The fraction of sp³-hybridized carbons (Fsp3) is 0.650. The lowest BCUT2D eigenvalue weighted by Gasteiger charge is -2.44. The Balaban J connectivity index is 1.47. The second-order valence-electron chi connectivity index (χ2n) is 7.73. The molecule has 2 aliphatic rings. The molecule has 2 saturated heterocycles. The molecule has 144 valence electrons. The second-order valence-corrected chi connectivity index (χ2v) is 7.73. The van der Waals surface area contributed by atoms with Crippen LogP contribution in [0.3, 0.4) is 0 Å². The maximum absolute atomic E-state index is 12.5. The van der Waals surface area contributed by atoms with Crippen molar-refractivity contribution >= 4 is 5.91 Å². The van der Waals surface area contributed by atoms with Gasteiger partial charge in [-0.2, -0.15) is 0 Å². The van der Waals surface area contributed by atoms with E-state index in [4.69, 9.17) is 0 Å².